The molecule has 0 radical (unpaired) electrons. The Hall–Kier alpha value is -2.69. The summed E-state index contributed by atoms with van der Waals surface area (Å²) in [5.41, 5.74) is 0. The zero-order valence-corrected chi connectivity index (χ0v) is 55.6. The Balaban J connectivity index is 1.51. The van der Waals surface area contributed by atoms with Crippen molar-refractivity contribution in [3.05, 3.63) is 12.2 Å². The van der Waals surface area contributed by atoms with E-state index in [1.54, 1.807) is 6.08 Å². The highest BCUT2D eigenvalue weighted by Gasteiger charge is 2.61. The largest absolute Gasteiger partial charge is 0.477 e. The SMILES string of the molecule is CCCCCCCCCCCCC/C=C/[C@@H](O)[C@H](CO[C@H]1O[C@H](CO)[C@@H](O[C@@H]2OC(CO)[C@H](O[C@@H]3OC(CO)[C@H](O)[C@H](O)C3NC(C)=O)[C@H](O[C@]3(C(=O)O)CC(O)[C@H](C)[C@H]([C@H](O)[C@H](O)CO)O3)C2O)C(O)C1O)NC(=O)CCCCCCCCCCCCCCCCC. The number of allylic oxidation sites excluding steroid dienone is 1. The molecule has 0 aromatic carbocycles. The van der Waals surface area contributed by atoms with Crippen LogP contribution < -0.4 is 10.6 Å². The number of hydrogen-bond acceptors (Lipinski definition) is 24. The molecule has 544 valence electrons. The molecule has 0 saturated carbocycles. The molecule has 16 N–H and O–H groups in total. The summed E-state index contributed by atoms with van der Waals surface area (Å²) in [6.07, 6.45) is -2.41. The summed E-state index contributed by atoms with van der Waals surface area (Å²) in [6.45, 7) is 2.33. The number of hydrogen-bond donors (Lipinski definition) is 16. The zero-order chi connectivity index (χ0) is 68.5. The van der Waals surface area contributed by atoms with Crippen molar-refractivity contribution < 1.29 is 124 Å². The number of aliphatic hydroxyl groups is 13. The first-order chi connectivity index (χ1) is 44.6. The lowest BCUT2D eigenvalue weighted by molar-refractivity contribution is -0.402. The first-order valence-electron chi connectivity index (χ1n) is 34.9. The summed E-state index contributed by atoms with van der Waals surface area (Å²) in [5, 5.41) is 160. The second-order valence-corrected chi connectivity index (χ2v) is 26.1. The molecule has 4 aliphatic heterocycles. The van der Waals surface area contributed by atoms with Crippen LogP contribution in [0, 0.1) is 5.92 Å². The number of rotatable bonds is 48. The third kappa shape index (κ3) is 26.8. The van der Waals surface area contributed by atoms with E-state index in [2.05, 4.69) is 24.5 Å². The lowest BCUT2D eigenvalue weighted by Crippen LogP contribution is -2.70. The molecule has 23 atom stereocenters. The van der Waals surface area contributed by atoms with E-state index in [0.717, 1.165) is 58.3 Å². The first-order valence-corrected chi connectivity index (χ1v) is 34.9. The van der Waals surface area contributed by atoms with E-state index in [0.29, 0.717) is 12.8 Å². The Morgan fingerprint density at radius 3 is 1.57 bits per heavy atom. The molecule has 4 heterocycles. The van der Waals surface area contributed by atoms with Gasteiger partial charge in [-0.2, -0.15) is 0 Å². The smallest absolute Gasteiger partial charge is 0.364 e. The van der Waals surface area contributed by atoms with E-state index in [-0.39, 0.29) is 12.3 Å². The number of carbonyl (C=O) groups excluding carboxylic acids is 2. The number of carboxylic acids is 1. The minimum absolute atomic E-state index is 0.176. The minimum Gasteiger partial charge on any atom is -0.477 e. The highest BCUT2D eigenvalue weighted by molar-refractivity contribution is 5.76. The maximum Gasteiger partial charge on any atom is 0.364 e. The fourth-order valence-electron chi connectivity index (χ4n) is 12.6. The van der Waals surface area contributed by atoms with Gasteiger partial charge in [-0.1, -0.05) is 187 Å². The number of amides is 2. The van der Waals surface area contributed by atoms with Crippen LogP contribution in [0.1, 0.15) is 214 Å². The zero-order valence-electron chi connectivity index (χ0n) is 55.6. The summed E-state index contributed by atoms with van der Waals surface area (Å²) < 4.78 is 47.9. The van der Waals surface area contributed by atoms with E-state index >= 15 is 0 Å². The Bertz CT molecular complexity index is 2050. The summed E-state index contributed by atoms with van der Waals surface area (Å²) in [4.78, 5) is 39.4. The number of aliphatic carboxylic acids is 1. The average Bonchev–Trinajstić information content (AvgIpc) is 0.767. The highest BCUT2D eigenvalue weighted by Crippen LogP contribution is 2.42. The normalized spacial score (nSPS) is 33.1. The van der Waals surface area contributed by atoms with Gasteiger partial charge in [-0.05, 0) is 19.3 Å². The third-order valence-electron chi connectivity index (χ3n) is 18.5. The second-order valence-electron chi connectivity index (χ2n) is 26.1. The predicted octanol–water partition coefficient (Wildman–Crippen LogP) is 2.26. The molecule has 4 fully saturated rings. The number of unbranched alkanes of at least 4 members (excludes halogenated alkanes) is 25. The molecule has 2 amide bonds. The standard InChI is InChI=1S/C66H120N2O25/c1-5-7-9-11-13-15-17-19-20-22-24-26-28-30-32-34-50(77)68-43(44(74)33-31-29-27-25-23-21-18-16-14-12-10-8-6-2)40-86-63-56(82)55(81)59(48(38-71)88-63)90-64-57(83)61(93-66(65(84)85)35-45(75)41(3)58(92-66)52(78)46(76)36-69)60(49(39-72)89-64)91-62-51(67-42(4)73)54(80)53(79)47(37-70)87-62/h31,33,41,43-49,51-64,69-72,74-76,78-83H,5-30,32,34-40H2,1-4H3,(H,67,73)(H,68,77)(H,84,85)/b33-31+/t41-,43-,44+,45?,46+,47?,48+,49?,51?,52+,53-,54+,55?,56?,57?,58+,59+,60-,61+,62-,63-,64-,66-/m0/s1. The summed E-state index contributed by atoms with van der Waals surface area (Å²) in [7, 11) is 0. The lowest BCUT2D eigenvalue weighted by atomic mass is 9.84. The molecular formula is C66H120N2O25. The van der Waals surface area contributed by atoms with Crippen molar-refractivity contribution in [3.63, 3.8) is 0 Å². The minimum atomic E-state index is -3.11. The fourth-order valence-corrected chi connectivity index (χ4v) is 12.6. The van der Waals surface area contributed by atoms with Crippen LogP contribution in [0.15, 0.2) is 12.2 Å². The van der Waals surface area contributed by atoms with Gasteiger partial charge in [0.15, 0.2) is 18.9 Å². The monoisotopic (exact) mass is 1340 g/mol. The van der Waals surface area contributed by atoms with Crippen LogP contribution in [0.4, 0.5) is 0 Å². The van der Waals surface area contributed by atoms with E-state index < -0.39 is 192 Å². The van der Waals surface area contributed by atoms with E-state index in [4.69, 9.17) is 37.9 Å². The second kappa shape index (κ2) is 45.1. The lowest BCUT2D eigenvalue weighted by Gasteiger charge is -2.52. The van der Waals surface area contributed by atoms with Crippen LogP contribution in [-0.4, -0.2) is 257 Å². The summed E-state index contributed by atoms with van der Waals surface area (Å²) >= 11 is 0. The van der Waals surface area contributed by atoms with Gasteiger partial charge in [-0.25, -0.2) is 4.79 Å². The van der Waals surface area contributed by atoms with Crippen LogP contribution in [0.25, 0.3) is 0 Å². The number of nitrogens with one attached hydrogen (secondary N) is 2. The Kier molecular flexibility index (Phi) is 40.1. The molecule has 4 saturated heterocycles. The van der Waals surface area contributed by atoms with Gasteiger partial charge in [0, 0.05) is 25.7 Å². The van der Waals surface area contributed by atoms with Crippen molar-refractivity contribution >= 4 is 17.8 Å². The third-order valence-corrected chi connectivity index (χ3v) is 18.5. The van der Waals surface area contributed by atoms with Crippen molar-refractivity contribution in [2.45, 2.75) is 348 Å². The average molecular weight is 1340 g/mol. The molecule has 27 nitrogen and oxygen atoms in total. The Morgan fingerprint density at radius 1 is 0.581 bits per heavy atom. The van der Waals surface area contributed by atoms with Gasteiger partial charge in [0.05, 0.1) is 57.4 Å². The van der Waals surface area contributed by atoms with Crippen LogP contribution in [-0.2, 0) is 52.3 Å². The van der Waals surface area contributed by atoms with Crippen molar-refractivity contribution in [1.29, 1.82) is 0 Å². The molecular weight excluding hydrogens is 1220 g/mol. The van der Waals surface area contributed by atoms with Crippen LogP contribution in [0.5, 0.6) is 0 Å². The van der Waals surface area contributed by atoms with Crippen LogP contribution in [0.3, 0.4) is 0 Å². The van der Waals surface area contributed by atoms with Gasteiger partial charge in [-0.15, -0.1) is 0 Å². The number of carbonyl (C=O) groups is 3. The van der Waals surface area contributed by atoms with E-state index in [9.17, 15) is 85.9 Å². The molecule has 0 aromatic heterocycles. The molecule has 27 heteroatoms. The topological polar surface area (TPSA) is 432 Å². The van der Waals surface area contributed by atoms with Crippen molar-refractivity contribution in [3.8, 4) is 0 Å². The van der Waals surface area contributed by atoms with Crippen LogP contribution in [0.2, 0.25) is 0 Å². The van der Waals surface area contributed by atoms with Gasteiger partial charge < -0.3 is 120 Å². The molecule has 0 aliphatic carbocycles. The fraction of sp³-hybridized carbons (Fsp3) is 0.924. The van der Waals surface area contributed by atoms with Crippen molar-refractivity contribution in [1.82, 2.24) is 10.6 Å². The summed E-state index contributed by atoms with van der Waals surface area (Å²) in [5.74, 6) is -7.37. The molecule has 0 spiro atoms. The van der Waals surface area contributed by atoms with Crippen LogP contribution >= 0.6 is 0 Å². The Labute approximate surface area is 549 Å². The molecule has 0 aromatic rings. The number of aliphatic hydroxyl groups excluding tert-OH is 13. The van der Waals surface area contributed by atoms with Crippen molar-refractivity contribution in [2.75, 3.05) is 33.0 Å². The maximum atomic E-state index is 13.5. The molecule has 93 heavy (non-hydrogen) atoms. The molecule has 0 bridgehead atoms. The van der Waals surface area contributed by atoms with Gasteiger partial charge >= 0.3 is 5.97 Å². The number of ether oxygens (including phenoxy) is 8. The van der Waals surface area contributed by atoms with E-state index in [1.807, 2.05) is 6.08 Å². The number of carboxylic acid groups (broad SMARTS) is 1. The quantitative estimate of drug-likeness (QED) is 0.0307. The van der Waals surface area contributed by atoms with Gasteiger partial charge in [0.1, 0.15) is 85.4 Å². The molecule has 4 rings (SSSR count). The van der Waals surface area contributed by atoms with Gasteiger partial charge in [0.2, 0.25) is 11.8 Å². The molecule has 7 unspecified atom stereocenters. The molecule has 4 aliphatic rings. The first kappa shape index (κ1) is 82.7. The van der Waals surface area contributed by atoms with Crippen molar-refractivity contribution in [2.24, 2.45) is 5.92 Å². The Morgan fingerprint density at radius 2 is 1.06 bits per heavy atom. The predicted molar refractivity (Wildman–Crippen MR) is 337 cm³/mol. The summed E-state index contributed by atoms with van der Waals surface area (Å²) in [6, 6.07) is -2.76. The van der Waals surface area contributed by atoms with E-state index in [1.165, 1.54) is 116 Å². The van der Waals surface area contributed by atoms with Gasteiger partial charge in [-0.3, -0.25) is 9.59 Å². The van der Waals surface area contributed by atoms with Gasteiger partial charge in [0.25, 0.3) is 5.79 Å². The maximum absolute atomic E-state index is 13.5. The highest BCUT2D eigenvalue weighted by atomic mass is 16.8.